The van der Waals surface area contributed by atoms with E-state index in [0.717, 1.165) is 13.1 Å². The zero-order chi connectivity index (χ0) is 4.12. The van der Waals surface area contributed by atoms with Crippen molar-refractivity contribution in [3.05, 3.63) is 0 Å². The Morgan fingerprint density at radius 3 is 1.50 bits per heavy atom. The third-order valence-electron chi connectivity index (χ3n) is 0.500. The van der Waals surface area contributed by atoms with Crippen LogP contribution < -0.4 is 5.32 Å². The summed E-state index contributed by atoms with van der Waals surface area (Å²) in [5.41, 5.74) is 0. The zero-order valence-corrected chi connectivity index (χ0v) is 5.79. The average Bonchev–Trinajstić information content (AvgIpc) is 1.41. The summed E-state index contributed by atoms with van der Waals surface area (Å²) in [7, 11) is 0. The topological polar surface area (TPSA) is 12.0 Å². The van der Waals surface area contributed by atoms with E-state index in [-0.39, 0.29) is 20.4 Å². The van der Waals surface area contributed by atoms with Gasteiger partial charge in [0.1, 0.15) is 0 Å². The van der Waals surface area contributed by atoms with Crippen molar-refractivity contribution in [1.82, 2.24) is 5.32 Å². The summed E-state index contributed by atoms with van der Waals surface area (Å²) >= 11 is 0. The van der Waals surface area contributed by atoms with E-state index in [1.165, 1.54) is 0 Å². The standard InChI is InChI=1S/C4H11N.Pd/c1-3-5-4-2;/h5H,3-4H2,1-2H3;. The quantitative estimate of drug-likeness (QED) is 0.613. The second-order valence-electron chi connectivity index (χ2n) is 0.957. The van der Waals surface area contributed by atoms with Crippen LogP contribution in [0.4, 0.5) is 0 Å². The molecule has 0 fully saturated rings. The van der Waals surface area contributed by atoms with Crippen LogP contribution in [-0.4, -0.2) is 13.1 Å². The van der Waals surface area contributed by atoms with E-state index in [1.54, 1.807) is 0 Å². The Hall–Kier alpha value is 0.622. The minimum atomic E-state index is 0. The summed E-state index contributed by atoms with van der Waals surface area (Å²) in [6.07, 6.45) is 0. The van der Waals surface area contributed by atoms with E-state index in [4.69, 9.17) is 0 Å². The van der Waals surface area contributed by atoms with Gasteiger partial charge in [0.25, 0.3) is 0 Å². The molecule has 0 saturated carbocycles. The van der Waals surface area contributed by atoms with Crippen LogP contribution in [0.3, 0.4) is 0 Å². The van der Waals surface area contributed by atoms with Gasteiger partial charge in [-0.3, -0.25) is 0 Å². The average molecular weight is 180 g/mol. The molecule has 0 aliphatic heterocycles. The van der Waals surface area contributed by atoms with E-state index in [9.17, 15) is 0 Å². The molecule has 2 heteroatoms. The molecule has 0 unspecified atom stereocenters. The van der Waals surface area contributed by atoms with Gasteiger partial charge in [-0.2, -0.15) is 0 Å². The van der Waals surface area contributed by atoms with Gasteiger partial charge in [0, 0.05) is 20.4 Å². The van der Waals surface area contributed by atoms with Crippen LogP contribution >= 0.6 is 0 Å². The Labute approximate surface area is 53.2 Å². The fraction of sp³-hybridized carbons (Fsp3) is 1.00. The molecule has 0 saturated heterocycles. The first kappa shape index (κ1) is 9.80. The maximum absolute atomic E-state index is 3.11. The summed E-state index contributed by atoms with van der Waals surface area (Å²) in [6.45, 7) is 6.39. The normalized spacial score (nSPS) is 7.00. The van der Waals surface area contributed by atoms with E-state index in [0.29, 0.717) is 0 Å². The summed E-state index contributed by atoms with van der Waals surface area (Å²) in [5, 5.41) is 3.11. The fourth-order valence-electron chi connectivity index (χ4n) is 0.250. The van der Waals surface area contributed by atoms with Gasteiger partial charge in [-0.1, -0.05) is 13.8 Å². The Bertz CT molecular complexity index is 15.0. The molecule has 0 atom stereocenters. The van der Waals surface area contributed by atoms with Crippen LogP contribution in [0.5, 0.6) is 0 Å². The van der Waals surface area contributed by atoms with Gasteiger partial charge in [0.15, 0.2) is 0 Å². The van der Waals surface area contributed by atoms with Crippen molar-refractivity contribution < 1.29 is 20.4 Å². The van der Waals surface area contributed by atoms with Crippen LogP contribution in [0.15, 0.2) is 0 Å². The summed E-state index contributed by atoms with van der Waals surface area (Å²) < 4.78 is 0. The van der Waals surface area contributed by atoms with Crippen molar-refractivity contribution >= 4 is 0 Å². The van der Waals surface area contributed by atoms with Crippen LogP contribution in [0.1, 0.15) is 13.8 Å². The zero-order valence-electron chi connectivity index (χ0n) is 4.23. The van der Waals surface area contributed by atoms with Crippen molar-refractivity contribution in [3.63, 3.8) is 0 Å². The Balaban J connectivity index is 0. The van der Waals surface area contributed by atoms with Crippen LogP contribution in [0.2, 0.25) is 0 Å². The molecular formula is C4H11NPd. The van der Waals surface area contributed by atoms with Gasteiger partial charge >= 0.3 is 0 Å². The molecule has 0 aromatic heterocycles. The number of hydrogen-bond donors (Lipinski definition) is 1. The van der Waals surface area contributed by atoms with Crippen LogP contribution in [0.25, 0.3) is 0 Å². The molecule has 0 spiro atoms. The Kier molecular flexibility index (Phi) is 14.9. The minimum absolute atomic E-state index is 0. The summed E-state index contributed by atoms with van der Waals surface area (Å²) in [4.78, 5) is 0. The summed E-state index contributed by atoms with van der Waals surface area (Å²) in [6, 6.07) is 0. The Morgan fingerprint density at radius 2 is 1.50 bits per heavy atom. The molecule has 1 N–H and O–H groups in total. The first-order valence-corrected chi connectivity index (χ1v) is 2.12. The molecule has 0 aromatic rings. The van der Waals surface area contributed by atoms with Crippen molar-refractivity contribution in [1.29, 1.82) is 0 Å². The molecule has 42 valence electrons. The van der Waals surface area contributed by atoms with Gasteiger partial charge in [-0.05, 0) is 13.1 Å². The second-order valence-corrected chi connectivity index (χ2v) is 0.957. The number of nitrogens with one attached hydrogen (secondary N) is 1. The predicted octanol–water partition coefficient (Wildman–Crippen LogP) is 0.613. The van der Waals surface area contributed by atoms with E-state index < -0.39 is 0 Å². The van der Waals surface area contributed by atoms with Crippen LogP contribution in [0, 0.1) is 0 Å². The smallest absolute Gasteiger partial charge is 0 e. The van der Waals surface area contributed by atoms with E-state index in [2.05, 4.69) is 19.2 Å². The predicted molar refractivity (Wildman–Crippen MR) is 24.2 cm³/mol. The van der Waals surface area contributed by atoms with Gasteiger partial charge in [-0.25, -0.2) is 0 Å². The monoisotopic (exact) mass is 179 g/mol. The van der Waals surface area contributed by atoms with Crippen molar-refractivity contribution in [2.75, 3.05) is 13.1 Å². The molecule has 0 heterocycles. The molecule has 0 radical (unpaired) electrons. The molecule has 0 aliphatic rings. The minimum Gasteiger partial charge on any atom is -0.317 e. The van der Waals surface area contributed by atoms with Gasteiger partial charge in [0.05, 0.1) is 0 Å². The molecule has 0 amide bonds. The second kappa shape index (κ2) is 9.16. The van der Waals surface area contributed by atoms with Crippen molar-refractivity contribution in [3.8, 4) is 0 Å². The maximum Gasteiger partial charge on any atom is 0 e. The molecular weight excluding hydrogens is 168 g/mol. The van der Waals surface area contributed by atoms with Gasteiger partial charge < -0.3 is 5.32 Å². The molecule has 0 bridgehead atoms. The Morgan fingerprint density at radius 1 is 1.17 bits per heavy atom. The molecule has 0 aliphatic carbocycles. The molecule has 1 nitrogen and oxygen atoms in total. The van der Waals surface area contributed by atoms with E-state index >= 15 is 0 Å². The number of hydrogen-bond acceptors (Lipinski definition) is 1. The fourth-order valence-corrected chi connectivity index (χ4v) is 0.250. The first-order chi connectivity index (χ1) is 2.41. The molecule has 0 aromatic carbocycles. The first-order valence-electron chi connectivity index (χ1n) is 2.12. The summed E-state index contributed by atoms with van der Waals surface area (Å²) in [5.74, 6) is 0. The van der Waals surface area contributed by atoms with Crippen LogP contribution in [-0.2, 0) is 20.4 Å². The van der Waals surface area contributed by atoms with Gasteiger partial charge in [-0.15, -0.1) is 0 Å². The van der Waals surface area contributed by atoms with Crippen molar-refractivity contribution in [2.24, 2.45) is 0 Å². The molecule has 6 heavy (non-hydrogen) atoms. The van der Waals surface area contributed by atoms with E-state index in [1.807, 2.05) is 0 Å². The third kappa shape index (κ3) is 8.82. The largest absolute Gasteiger partial charge is 0.317 e. The van der Waals surface area contributed by atoms with Crippen molar-refractivity contribution in [2.45, 2.75) is 13.8 Å². The number of rotatable bonds is 2. The van der Waals surface area contributed by atoms with Gasteiger partial charge in [0.2, 0.25) is 0 Å². The maximum atomic E-state index is 3.11. The molecule has 0 rings (SSSR count). The SMILES string of the molecule is CCNCC.[Pd]. The third-order valence-corrected chi connectivity index (χ3v) is 0.500.